The molecule has 0 aliphatic carbocycles. The van der Waals surface area contributed by atoms with Gasteiger partial charge >= 0.3 is 0 Å². The number of nitrogens with zero attached hydrogens (tertiary/aromatic N) is 2. The van der Waals surface area contributed by atoms with Crippen LogP contribution in [-0.2, 0) is 4.79 Å². The molecule has 1 aromatic carbocycles. The highest BCUT2D eigenvalue weighted by Crippen LogP contribution is 2.15. The predicted octanol–water partition coefficient (Wildman–Crippen LogP) is 1.37. The van der Waals surface area contributed by atoms with Crippen LogP contribution in [0.3, 0.4) is 0 Å². The summed E-state index contributed by atoms with van der Waals surface area (Å²) in [5.74, 6) is -0.342. The van der Waals surface area contributed by atoms with Crippen molar-refractivity contribution in [3.05, 3.63) is 41.7 Å². The molecule has 1 N–H and O–H groups in total. The molecule has 4 nitrogen and oxygen atoms in total. The molecule has 0 saturated carbocycles. The summed E-state index contributed by atoms with van der Waals surface area (Å²) in [5, 5.41) is 8.90. The fraction of sp³-hybridized carbons (Fsp3) is 0.438. The maximum Gasteiger partial charge on any atom is 0.246 e. The van der Waals surface area contributed by atoms with Crippen molar-refractivity contribution in [2.75, 3.05) is 39.3 Å². The van der Waals surface area contributed by atoms with Crippen molar-refractivity contribution in [1.29, 1.82) is 0 Å². The smallest absolute Gasteiger partial charge is 0.246 e. The summed E-state index contributed by atoms with van der Waals surface area (Å²) in [6.45, 7) is 5.48. The SMILES string of the molecule is C/C(=C/C(=O)N1CCN(CCO)CC1)c1cccc(F)c1. The van der Waals surface area contributed by atoms with Crippen LogP contribution in [0.2, 0.25) is 0 Å². The first-order valence-corrected chi connectivity index (χ1v) is 7.16. The Balaban J connectivity index is 1.96. The van der Waals surface area contributed by atoms with E-state index in [-0.39, 0.29) is 18.3 Å². The first kappa shape index (κ1) is 15.7. The molecule has 0 aromatic heterocycles. The van der Waals surface area contributed by atoms with Gasteiger partial charge in [-0.05, 0) is 30.2 Å². The number of aliphatic hydroxyl groups is 1. The summed E-state index contributed by atoms with van der Waals surface area (Å²) in [5.41, 5.74) is 1.49. The molecule has 0 atom stereocenters. The van der Waals surface area contributed by atoms with Crippen molar-refractivity contribution >= 4 is 11.5 Å². The molecule has 1 aliphatic heterocycles. The van der Waals surface area contributed by atoms with Gasteiger partial charge in [-0.3, -0.25) is 9.69 Å². The maximum absolute atomic E-state index is 13.2. The number of rotatable bonds is 4. The van der Waals surface area contributed by atoms with Crippen LogP contribution in [0.15, 0.2) is 30.3 Å². The zero-order valence-electron chi connectivity index (χ0n) is 12.3. The van der Waals surface area contributed by atoms with E-state index in [9.17, 15) is 9.18 Å². The summed E-state index contributed by atoms with van der Waals surface area (Å²) in [7, 11) is 0. The van der Waals surface area contributed by atoms with Gasteiger partial charge in [0.15, 0.2) is 0 Å². The third-order valence-corrected chi connectivity index (χ3v) is 3.72. The summed E-state index contributed by atoms with van der Waals surface area (Å²) in [4.78, 5) is 16.1. The highest BCUT2D eigenvalue weighted by Gasteiger charge is 2.19. The van der Waals surface area contributed by atoms with Crippen LogP contribution in [0.25, 0.3) is 5.57 Å². The van der Waals surface area contributed by atoms with Crippen LogP contribution >= 0.6 is 0 Å². The number of β-amino-alcohol motifs (C(OH)–C–C–N with tert-alkyl or cyclic N) is 1. The average Bonchev–Trinajstić information content (AvgIpc) is 2.48. The zero-order chi connectivity index (χ0) is 15.2. The molecule has 2 rings (SSSR count). The third kappa shape index (κ3) is 4.37. The summed E-state index contributed by atoms with van der Waals surface area (Å²) < 4.78 is 13.2. The van der Waals surface area contributed by atoms with Gasteiger partial charge in [-0.15, -0.1) is 0 Å². The molecular formula is C16H21FN2O2. The van der Waals surface area contributed by atoms with E-state index in [1.807, 2.05) is 6.92 Å². The lowest BCUT2D eigenvalue weighted by Gasteiger charge is -2.33. The number of hydrogen-bond donors (Lipinski definition) is 1. The van der Waals surface area contributed by atoms with Crippen LogP contribution in [0.5, 0.6) is 0 Å². The molecule has 1 amide bonds. The van der Waals surface area contributed by atoms with Gasteiger partial charge in [-0.1, -0.05) is 12.1 Å². The van der Waals surface area contributed by atoms with E-state index < -0.39 is 0 Å². The van der Waals surface area contributed by atoms with E-state index in [2.05, 4.69) is 4.90 Å². The van der Waals surface area contributed by atoms with Crippen molar-refractivity contribution in [1.82, 2.24) is 9.80 Å². The predicted molar refractivity (Wildman–Crippen MR) is 80.2 cm³/mol. The molecule has 1 saturated heterocycles. The number of carbonyl (C=O) groups is 1. The van der Waals surface area contributed by atoms with Crippen molar-refractivity contribution in [3.63, 3.8) is 0 Å². The van der Waals surface area contributed by atoms with Gasteiger partial charge in [0.05, 0.1) is 6.61 Å². The highest BCUT2D eigenvalue weighted by atomic mass is 19.1. The van der Waals surface area contributed by atoms with Gasteiger partial charge in [0.25, 0.3) is 0 Å². The van der Waals surface area contributed by atoms with Gasteiger partial charge in [-0.25, -0.2) is 4.39 Å². The summed E-state index contributed by atoms with van der Waals surface area (Å²) in [6, 6.07) is 6.25. The zero-order valence-corrected chi connectivity index (χ0v) is 12.3. The molecule has 1 heterocycles. The quantitative estimate of drug-likeness (QED) is 0.852. The van der Waals surface area contributed by atoms with E-state index in [0.29, 0.717) is 19.6 Å². The lowest BCUT2D eigenvalue weighted by molar-refractivity contribution is -0.127. The van der Waals surface area contributed by atoms with Crippen molar-refractivity contribution < 1.29 is 14.3 Å². The standard InChI is InChI=1S/C16H21FN2O2/c1-13(14-3-2-4-15(17)12-14)11-16(21)19-7-5-18(6-8-19)9-10-20/h2-4,11-12,20H,5-10H2,1H3/b13-11-. The lowest BCUT2D eigenvalue weighted by atomic mass is 10.1. The van der Waals surface area contributed by atoms with Crippen LogP contribution < -0.4 is 0 Å². The number of piperazine rings is 1. The number of carbonyl (C=O) groups excluding carboxylic acids is 1. The Kier molecular flexibility index (Phi) is 5.47. The molecule has 0 bridgehead atoms. The normalized spacial score (nSPS) is 17.1. The van der Waals surface area contributed by atoms with Crippen LogP contribution in [0, 0.1) is 5.82 Å². The van der Waals surface area contributed by atoms with Crippen molar-refractivity contribution in [2.45, 2.75) is 6.92 Å². The van der Waals surface area contributed by atoms with Crippen molar-refractivity contribution in [3.8, 4) is 0 Å². The second-order valence-electron chi connectivity index (χ2n) is 5.23. The summed E-state index contributed by atoms with van der Waals surface area (Å²) >= 11 is 0. The van der Waals surface area contributed by atoms with Gasteiger partial charge < -0.3 is 10.0 Å². The van der Waals surface area contributed by atoms with E-state index in [1.54, 1.807) is 23.1 Å². The minimum atomic E-state index is -0.301. The lowest BCUT2D eigenvalue weighted by Crippen LogP contribution is -2.48. The Labute approximate surface area is 124 Å². The first-order valence-electron chi connectivity index (χ1n) is 7.16. The number of halogens is 1. The van der Waals surface area contributed by atoms with E-state index >= 15 is 0 Å². The van der Waals surface area contributed by atoms with Gasteiger partial charge in [0, 0.05) is 38.8 Å². The number of aliphatic hydroxyl groups excluding tert-OH is 1. The maximum atomic E-state index is 13.2. The molecule has 0 spiro atoms. The fourth-order valence-corrected chi connectivity index (χ4v) is 2.43. The van der Waals surface area contributed by atoms with Gasteiger partial charge in [0.1, 0.15) is 5.82 Å². The molecular weight excluding hydrogens is 271 g/mol. The number of benzene rings is 1. The molecule has 5 heteroatoms. The molecule has 1 aliphatic rings. The Morgan fingerprint density at radius 2 is 2.05 bits per heavy atom. The number of hydrogen-bond acceptors (Lipinski definition) is 3. The Morgan fingerprint density at radius 1 is 1.33 bits per heavy atom. The first-order chi connectivity index (χ1) is 10.1. The molecule has 1 aromatic rings. The Hall–Kier alpha value is -1.72. The van der Waals surface area contributed by atoms with Gasteiger partial charge in [0.2, 0.25) is 5.91 Å². The Bertz CT molecular complexity index is 523. The average molecular weight is 292 g/mol. The minimum Gasteiger partial charge on any atom is -0.395 e. The second kappa shape index (κ2) is 7.33. The van der Waals surface area contributed by atoms with Crippen LogP contribution in [0.4, 0.5) is 4.39 Å². The number of allylic oxidation sites excluding steroid dienone is 1. The van der Waals surface area contributed by atoms with E-state index in [4.69, 9.17) is 5.11 Å². The monoisotopic (exact) mass is 292 g/mol. The largest absolute Gasteiger partial charge is 0.395 e. The van der Waals surface area contributed by atoms with Crippen LogP contribution in [-0.4, -0.2) is 60.1 Å². The molecule has 114 valence electrons. The number of amides is 1. The molecule has 1 fully saturated rings. The summed E-state index contributed by atoms with van der Waals surface area (Å²) in [6.07, 6.45) is 1.57. The second-order valence-corrected chi connectivity index (χ2v) is 5.23. The molecule has 0 radical (unpaired) electrons. The highest BCUT2D eigenvalue weighted by molar-refractivity contribution is 5.94. The fourth-order valence-electron chi connectivity index (χ4n) is 2.43. The van der Waals surface area contributed by atoms with Crippen LogP contribution in [0.1, 0.15) is 12.5 Å². The van der Waals surface area contributed by atoms with E-state index in [0.717, 1.165) is 24.2 Å². The topological polar surface area (TPSA) is 43.8 Å². The van der Waals surface area contributed by atoms with E-state index in [1.165, 1.54) is 12.1 Å². The van der Waals surface area contributed by atoms with Gasteiger partial charge in [-0.2, -0.15) is 0 Å². The van der Waals surface area contributed by atoms with Crippen molar-refractivity contribution in [2.24, 2.45) is 0 Å². The Morgan fingerprint density at radius 3 is 2.67 bits per heavy atom. The molecule has 21 heavy (non-hydrogen) atoms. The molecule has 0 unspecified atom stereocenters. The minimum absolute atomic E-state index is 0.0413. The third-order valence-electron chi connectivity index (χ3n) is 3.72.